The number of hydrogen-bond donors (Lipinski definition) is 0. The van der Waals surface area contributed by atoms with Gasteiger partial charge in [-0.25, -0.2) is 8.78 Å². The molecule has 1 aliphatic heterocycles. The van der Waals surface area contributed by atoms with Crippen molar-refractivity contribution in [2.75, 3.05) is 18.8 Å². The van der Waals surface area contributed by atoms with Crippen LogP contribution < -0.4 is 0 Å². The summed E-state index contributed by atoms with van der Waals surface area (Å²) >= 11 is 1.57. The molecule has 1 fully saturated rings. The predicted molar refractivity (Wildman–Crippen MR) is 90.7 cm³/mol. The molecular formula is C18H18F2N2OS. The van der Waals surface area contributed by atoms with Gasteiger partial charge in [-0.05, 0) is 36.2 Å². The number of aromatic nitrogens is 1. The zero-order chi connectivity index (χ0) is 16.9. The highest BCUT2D eigenvalue weighted by Gasteiger charge is 2.24. The molecule has 24 heavy (non-hydrogen) atoms. The highest BCUT2D eigenvalue weighted by molar-refractivity contribution is 7.99. The van der Waals surface area contributed by atoms with E-state index in [1.807, 2.05) is 12.1 Å². The third-order valence-corrected chi connectivity index (χ3v) is 5.39. The molecule has 2 heterocycles. The number of carbonyl (C=O) groups excluding carboxylic acids is 1. The van der Waals surface area contributed by atoms with Crippen LogP contribution in [0.1, 0.15) is 22.8 Å². The molecule has 0 unspecified atom stereocenters. The molecule has 1 aliphatic rings. The van der Waals surface area contributed by atoms with Crippen LogP contribution in [0.3, 0.4) is 0 Å². The van der Waals surface area contributed by atoms with Crippen molar-refractivity contribution in [3.8, 4) is 0 Å². The maximum atomic E-state index is 14.0. The average Bonchev–Trinajstić information content (AvgIpc) is 2.84. The van der Waals surface area contributed by atoms with Gasteiger partial charge in [0.1, 0.15) is 11.6 Å². The molecule has 0 radical (unpaired) electrons. The molecule has 2 aromatic rings. The molecule has 1 aromatic heterocycles. The highest BCUT2D eigenvalue weighted by atomic mass is 32.2. The summed E-state index contributed by atoms with van der Waals surface area (Å²) in [7, 11) is 0. The fraction of sp³-hybridized carbons (Fsp3) is 0.333. The first-order valence-corrected chi connectivity index (χ1v) is 8.91. The second-order valence-corrected chi connectivity index (χ2v) is 7.04. The van der Waals surface area contributed by atoms with Gasteiger partial charge in [0.05, 0.1) is 6.42 Å². The highest BCUT2D eigenvalue weighted by Crippen LogP contribution is 2.36. The zero-order valence-electron chi connectivity index (χ0n) is 13.1. The van der Waals surface area contributed by atoms with Crippen molar-refractivity contribution < 1.29 is 13.6 Å². The van der Waals surface area contributed by atoms with Gasteiger partial charge in [0.15, 0.2) is 0 Å². The Morgan fingerprint density at radius 2 is 2.17 bits per heavy atom. The van der Waals surface area contributed by atoms with E-state index in [0.29, 0.717) is 37.2 Å². The number of carbonyl (C=O) groups is 1. The van der Waals surface area contributed by atoms with Crippen LogP contribution in [0.4, 0.5) is 8.78 Å². The number of halogens is 2. The molecule has 0 spiro atoms. The predicted octanol–water partition coefficient (Wildman–Crippen LogP) is 3.61. The smallest absolute Gasteiger partial charge is 0.227 e. The summed E-state index contributed by atoms with van der Waals surface area (Å²) < 4.78 is 27.4. The van der Waals surface area contributed by atoms with Crippen molar-refractivity contribution in [1.29, 1.82) is 0 Å². The maximum Gasteiger partial charge on any atom is 0.227 e. The van der Waals surface area contributed by atoms with E-state index < -0.39 is 5.82 Å². The zero-order valence-corrected chi connectivity index (χ0v) is 13.9. The first-order valence-electron chi connectivity index (χ1n) is 7.87. The van der Waals surface area contributed by atoms with Crippen LogP contribution in [0.15, 0.2) is 42.7 Å². The SMILES string of the molecule is O=C(Cc1cccnc1)N1CCS[C@@H](c2cc(F)ccc2F)CC1. The van der Waals surface area contributed by atoms with Crippen molar-refractivity contribution in [1.82, 2.24) is 9.88 Å². The molecule has 0 aliphatic carbocycles. The van der Waals surface area contributed by atoms with Gasteiger partial charge in [0.2, 0.25) is 5.91 Å². The number of thioether (sulfide) groups is 1. The van der Waals surface area contributed by atoms with Gasteiger partial charge in [0.25, 0.3) is 0 Å². The van der Waals surface area contributed by atoms with Crippen LogP contribution in [0.25, 0.3) is 0 Å². The van der Waals surface area contributed by atoms with Crippen LogP contribution >= 0.6 is 11.8 Å². The van der Waals surface area contributed by atoms with Crippen LogP contribution in [0, 0.1) is 11.6 Å². The Morgan fingerprint density at radius 1 is 1.29 bits per heavy atom. The number of nitrogens with zero attached hydrogens (tertiary/aromatic N) is 2. The molecule has 1 saturated heterocycles. The Balaban J connectivity index is 1.64. The van der Waals surface area contributed by atoms with E-state index in [2.05, 4.69) is 4.98 Å². The van der Waals surface area contributed by atoms with Gasteiger partial charge in [-0.15, -0.1) is 0 Å². The molecule has 1 atom stereocenters. The van der Waals surface area contributed by atoms with E-state index in [9.17, 15) is 13.6 Å². The van der Waals surface area contributed by atoms with Crippen molar-refractivity contribution >= 4 is 17.7 Å². The number of pyridine rings is 1. The van der Waals surface area contributed by atoms with Crippen molar-refractivity contribution in [3.63, 3.8) is 0 Å². The summed E-state index contributed by atoms with van der Waals surface area (Å²) in [4.78, 5) is 18.3. The van der Waals surface area contributed by atoms with E-state index >= 15 is 0 Å². The fourth-order valence-corrected chi connectivity index (χ4v) is 4.06. The molecular weight excluding hydrogens is 330 g/mol. The Hall–Kier alpha value is -1.95. The molecule has 3 rings (SSSR count). The van der Waals surface area contributed by atoms with Crippen molar-refractivity contribution in [3.05, 3.63) is 65.5 Å². The summed E-state index contributed by atoms with van der Waals surface area (Å²) in [5.41, 5.74) is 1.27. The first kappa shape index (κ1) is 16.9. The molecule has 1 amide bonds. The number of amides is 1. The minimum atomic E-state index is -0.430. The lowest BCUT2D eigenvalue weighted by molar-refractivity contribution is -0.130. The van der Waals surface area contributed by atoms with Gasteiger partial charge in [0, 0.05) is 42.0 Å². The van der Waals surface area contributed by atoms with Crippen LogP contribution in [0.2, 0.25) is 0 Å². The molecule has 0 N–H and O–H groups in total. The molecule has 1 aromatic carbocycles. The lowest BCUT2D eigenvalue weighted by atomic mass is 10.1. The summed E-state index contributed by atoms with van der Waals surface area (Å²) in [5.74, 6) is -0.0619. The average molecular weight is 348 g/mol. The van der Waals surface area contributed by atoms with E-state index in [4.69, 9.17) is 0 Å². The molecule has 0 saturated carbocycles. The summed E-state index contributed by atoms with van der Waals surface area (Å²) in [6.07, 6.45) is 4.30. The van der Waals surface area contributed by atoms with Gasteiger partial charge in [-0.1, -0.05) is 6.07 Å². The quantitative estimate of drug-likeness (QED) is 0.850. The van der Waals surface area contributed by atoms with E-state index in [1.165, 1.54) is 12.1 Å². The molecule has 6 heteroatoms. The Kier molecular flexibility index (Phi) is 5.45. The minimum Gasteiger partial charge on any atom is -0.342 e. The monoisotopic (exact) mass is 348 g/mol. The summed E-state index contributed by atoms with van der Waals surface area (Å²) in [6, 6.07) is 7.25. The van der Waals surface area contributed by atoms with Gasteiger partial charge >= 0.3 is 0 Å². The van der Waals surface area contributed by atoms with E-state index in [0.717, 1.165) is 11.6 Å². The Labute approximate surface area is 144 Å². The Morgan fingerprint density at radius 3 is 2.96 bits per heavy atom. The third-order valence-electron chi connectivity index (χ3n) is 4.08. The van der Waals surface area contributed by atoms with Crippen LogP contribution in [0.5, 0.6) is 0 Å². The minimum absolute atomic E-state index is 0.0453. The molecule has 3 nitrogen and oxygen atoms in total. The third kappa shape index (κ3) is 4.12. The van der Waals surface area contributed by atoms with Crippen molar-refractivity contribution in [2.45, 2.75) is 18.1 Å². The summed E-state index contributed by atoms with van der Waals surface area (Å²) in [5, 5.41) is -0.128. The lowest BCUT2D eigenvalue weighted by Gasteiger charge is -2.20. The van der Waals surface area contributed by atoms with Gasteiger partial charge in [-0.3, -0.25) is 9.78 Å². The van der Waals surface area contributed by atoms with Crippen molar-refractivity contribution in [2.24, 2.45) is 0 Å². The number of hydrogen-bond acceptors (Lipinski definition) is 3. The first-order chi connectivity index (χ1) is 11.6. The normalized spacial score (nSPS) is 18.2. The molecule has 126 valence electrons. The topological polar surface area (TPSA) is 33.2 Å². The van der Waals surface area contributed by atoms with Gasteiger partial charge in [-0.2, -0.15) is 11.8 Å². The van der Waals surface area contributed by atoms with Crippen LogP contribution in [-0.2, 0) is 11.2 Å². The van der Waals surface area contributed by atoms with E-state index in [-0.39, 0.29) is 17.0 Å². The summed E-state index contributed by atoms with van der Waals surface area (Å²) in [6.45, 7) is 1.17. The Bertz CT molecular complexity index is 711. The standard InChI is InChI=1S/C18H18F2N2OS/c19-14-3-4-16(20)15(11-14)17-5-7-22(8-9-24-17)18(23)10-13-2-1-6-21-12-13/h1-4,6,11-12,17H,5,7-10H2/t17-/m1/s1. The lowest BCUT2D eigenvalue weighted by Crippen LogP contribution is -2.34. The number of rotatable bonds is 3. The van der Waals surface area contributed by atoms with E-state index in [1.54, 1.807) is 29.1 Å². The van der Waals surface area contributed by atoms with Crippen LogP contribution in [-0.4, -0.2) is 34.6 Å². The fourth-order valence-electron chi connectivity index (χ4n) is 2.82. The largest absolute Gasteiger partial charge is 0.342 e. The second kappa shape index (κ2) is 7.75. The second-order valence-electron chi connectivity index (χ2n) is 5.73. The maximum absolute atomic E-state index is 14.0. The van der Waals surface area contributed by atoms with Gasteiger partial charge < -0.3 is 4.90 Å². The molecule has 0 bridgehead atoms. The number of benzene rings is 1.